The van der Waals surface area contributed by atoms with Crippen LogP contribution in [-0.4, -0.2) is 19.0 Å². The fourth-order valence-electron chi connectivity index (χ4n) is 2.83. The average Bonchev–Trinajstić information content (AvgIpc) is 2.74. The monoisotopic (exact) mass is 240 g/mol. The van der Waals surface area contributed by atoms with E-state index in [2.05, 4.69) is 19.2 Å². The molecule has 3 nitrogen and oxygen atoms in total. The van der Waals surface area contributed by atoms with Crippen molar-refractivity contribution in [3.63, 3.8) is 0 Å². The zero-order chi connectivity index (χ0) is 12.7. The molecule has 1 rings (SSSR count). The van der Waals surface area contributed by atoms with Gasteiger partial charge < -0.3 is 11.1 Å². The summed E-state index contributed by atoms with van der Waals surface area (Å²) in [6.07, 6.45) is 7.84. The van der Waals surface area contributed by atoms with Gasteiger partial charge in [-0.2, -0.15) is 0 Å². The number of carbonyl (C=O) groups is 1. The molecule has 3 N–H and O–H groups in total. The van der Waals surface area contributed by atoms with E-state index < -0.39 is 0 Å². The first kappa shape index (κ1) is 14.5. The van der Waals surface area contributed by atoms with E-state index >= 15 is 0 Å². The standard InChI is InChI=1S/C14H28N2O/c1-3-6-12(7-10-15)11-16-13(17)14(2)8-4-5-9-14/h12H,3-11,15H2,1-2H3,(H,16,17). The number of hydrogen-bond donors (Lipinski definition) is 2. The smallest absolute Gasteiger partial charge is 0.225 e. The maximum atomic E-state index is 12.1. The van der Waals surface area contributed by atoms with Crippen molar-refractivity contribution in [3.8, 4) is 0 Å². The maximum absolute atomic E-state index is 12.1. The van der Waals surface area contributed by atoms with Crippen LogP contribution in [0.3, 0.4) is 0 Å². The molecular weight excluding hydrogens is 212 g/mol. The van der Waals surface area contributed by atoms with Crippen LogP contribution in [0.25, 0.3) is 0 Å². The molecule has 1 aliphatic rings. The first-order valence-corrected chi connectivity index (χ1v) is 7.10. The molecule has 0 bridgehead atoms. The Bertz CT molecular complexity index is 228. The van der Waals surface area contributed by atoms with Crippen molar-refractivity contribution < 1.29 is 4.79 Å². The number of amides is 1. The quantitative estimate of drug-likeness (QED) is 0.718. The Labute approximate surface area is 106 Å². The van der Waals surface area contributed by atoms with Crippen molar-refractivity contribution >= 4 is 5.91 Å². The van der Waals surface area contributed by atoms with Crippen LogP contribution in [0.1, 0.15) is 58.8 Å². The third-order valence-electron chi connectivity index (χ3n) is 4.08. The van der Waals surface area contributed by atoms with Crippen LogP contribution in [0.5, 0.6) is 0 Å². The van der Waals surface area contributed by atoms with Crippen LogP contribution in [0, 0.1) is 11.3 Å². The summed E-state index contributed by atoms with van der Waals surface area (Å²) in [4.78, 5) is 12.1. The zero-order valence-electron chi connectivity index (χ0n) is 11.4. The molecule has 100 valence electrons. The largest absolute Gasteiger partial charge is 0.355 e. The van der Waals surface area contributed by atoms with Gasteiger partial charge in [0.2, 0.25) is 5.91 Å². The van der Waals surface area contributed by atoms with Gasteiger partial charge in [-0.3, -0.25) is 4.79 Å². The molecule has 0 saturated heterocycles. The Balaban J connectivity index is 2.34. The summed E-state index contributed by atoms with van der Waals surface area (Å²) >= 11 is 0. The summed E-state index contributed by atoms with van der Waals surface area (Å²) in [5.41, 5.74) is 5.50. The number of rotatable bonds is 7. The molecule has 0 aromatic rings. The van der Waals surface area contributed by atoms with Crippen molar-refractivity contribution in [2.75, 3.05) is 13.1 Å². The summed E-state index contributed by atoms with van der Waals surface area (Å²) in [7, 11) is 0. The lowest BCUT2D eigenvalue weighted by Gasteiger charge is -2.24. The molecule has 1 atom stereocenters. The fourth-order valence-corrected chi connectivity index (χ4v) is 2.83. The number of carbonyl (C=O) groups excluding carboxylic acids is 1. The third-order valence-corrected chi connectivity index (χ3v) is 4.08. The van der Waals surface area contributed by atoms with Gasteiger partial charge in [0.1, 0.15) is 0 Å². The molecule has 0 heterocycles. The van der Waals surface area contributed by atoms with Gasteiger partial charge in [-0.25, -0.2) is 0 Å². The van der Waals surface area contributed by atoms with Gasteiger partial charge in [-0.15, -0.1) is 0 Å². The topological polar surface area (TPSA) is 55.1 Å². The molecule has 0 radical (unpaired) electrons. The highest BCUT2D eigenvalue weighted by Gasteiger charge is 2.35. The lowest BCUT2D eigenvalue weighted by molar-refractivity contribution is -0.130. The Morgan fingerprint density at radius 2 is 2.00 bits per heavy atom. The second-order valence-corrected chi connectivity index (χ2v) is 5.71. The lowest BCUT2D eigenvalue weighted by Crippen LogP contribution is -2.39. The molecule has 0 spiro atoms. The predicted octanol–water partition coefficient (Wildman–Crippen LogP) is 2.45. The van der Waals surface area contributed by atoms with Crippen molar-refractivity contribution in [1.82, 2.24) is 5.32 Å². The summed E-state index contributed by atoms with van der Waals surface area (Å²) in [6, 6.07) is 0. The van der Waals surface area contributed by atoms with Crippen LogP contribution in [0.15, 0.2) is 0 Å². The van der Waals surface area contributed by atoms with Gasteiger partial charge in [0.25, 0.3) is 0 Å². The van der Waals surface area contributed by atoms with Crippen LogP contribution in [0.2, 0.25) is 0 Å². The van der Waals surface area contributed by atoms with Crippen LogP contribution in [-0.2, 0) is 4.79 Å². The van der Waals surface area contributed by atoms with E-state index in [9.17, 15) is 4.79 Å². The molecule has 17 heavy (non-hydrogen) atoms. The second-order valence-electron chi connectivity index (χ2n) is 5.71. The van der Waals surface area contributed by atoms with E-state index in [0.29, 0.717) is 5.92 Å². The van der Waals surface area contributed by atoms with E-state index in [-0.39, 0.29) is 11.3 Å². The second kappa shape index (κ2) is 7.00. The van der Waals surface area contributed by atoms with Crippen LogP contribution < -0.4 is 11.1 Å². The molecule has 1 aliphatic carbocycles. The van der Waals surface area contributed by atoms with E-state index in [1.807, 2.05) is 0 Å². The van der Waals surface area contributed by atoms with Gasteiger partial charge in [0, 0.05) is 12.0 Å². The van der Waals surface area contributed by atoms with Gasteiger partial charge in [0.05, 0.1) is 0 Å². The van der Waals surface area contributed by atoms with Crippen LogP contribution >= 0.6 is 0 Å². The average molecular weight is 240 g/mol. The zero-order valence-corrected chi connectivity index (χ0v) is 11.4. The summed E-state index contributed by atoms with van der Waals surface area (Å²) < 4.78 is 0. The minimum Gasteiger partial charge on any atom is -0.355 e. The molecule has 1 fully saturated rings. The van der Waals surface area contributed by atoms with Crippen molar-refractivity contribution in [3.05, 3.63) is 0 Å². The molecule has 1 amide bonds. The van der Waals surface area contributed by atoms with Gasteiger partial charge in [-0.05, 0) is 38.1 Å². The number of nitrogens with two attached hydrogens (primary N) is 1. The molecule has 0 aromatic heterocycles. The first-order chi connectivity index (χ1) is 8.12. The molecule has 1 unspecified atom stereocenters. The Hall–Kier alpha value is -0.570. The van der Waals surface area contributed by atoms with Crippen molar-refractivity contribution in [2.45, 2.75) is 58.8 Å². The highest BCUT2D eigenvalue weighted by Crippen LogP contribution is 2.37. The highest BCUT2D eigenvalue weighted by atomic mass is 16.2. The summed E-state index contributed by atoms with van der Waals surface area (Å²) in [5, 5.41) is 3.14. The van der Waals surface area contributed by atoms with Gasteiger partial charge in [0.15, 0.2) is 0 Å². The number of nitrogens with one attached hydrogen (secondary N) is 1. The molecule has 0 aliphatic heterocycles. The normalized spacial score (nSPS) is 20.2. The summed E-state index contributed by atoms with van der Waals surface area (Å²) in [5.74, 6) is 0.812. The molecule has 3 heteroatoms. The molecule has 1 saturated carbocycles. The van der Waals surface area contributed by atoms with E-state index in [4.69, 9.17) is 5.73 Å². The van der Waals surface area contributed by atoms with Crippen molar-refractivity contribution in [1.29, 1.82) is 0 Å². The van der Waals surface area contributed by atoms with Crippen molar-refractivity contribution in [2.24, 2.45) is 17.1 Å². The fraction of sp³-hybridized carbons (Fsp3) is 0.929. The summed E-state index contributed by atoms with van der Waals surface area (Å²) in [6.45, 7) is 5.81. The molecule has 0 aromatic carbocycles. The molecular formula is C14H28N2O. The van der Waals surface area contributed by atoms with E-state index in [0.717, 1.165) is 45.2 Å². The predicted molar refractivity (Wildman–Crippen MR) is 71.7 cm³/mol. The minimum atomic E-state index is -0.0977. The number of hydrogen-bond acceptors (Lipinski definition) is 2. The first-order valence-electron chi connectivity index (χ1n) is 7.10. The SMILES string of the molecule is CCCC(CCN)CNC(=O)C1(C)CCCC1. The minimum absolute atomic E-state index is 0.0977. The Morgan fingerprint density at radius 3 is 2.53 bits per heavy atom. The van der Waals surface area contributed by atoms with E-state index in [1.54, 1.807) is 0 Å². The third kappa shape index (κ3) is 4.30. The van der Waals surface area contributed by atoms with Gasteiger partial charge >= 0.3 is 0 Å². The Kier molecular flexibility index (Phi) is 5.96. The van der Waals surface area contributed by atoms with Crippen LogP contribution in [0.4, 0.5) is 0 Å². The van der Waals surface area contributed by atoms with Gasteiger partial charge in [-0.1, -0.05) is 33.1 Å². The maximum Gasteiger partial charge on any atom is 0.225 e. The highest BCUT2D eigenvalue weighted by molar-refractivity contribution is 5.82. The Morgan fingerprint density at radius 1 is 1.35 bits per heavy atom. The lowest BCUT2D eigenvalue weighted by atomic mass is 9.87. The van der Waals surface area contributed by atoms with E-state index in [1.165, 1.54) is 12.8 Å².